The molecule has 2 aromatic heterocycles. The predicted molar refractivity (Wildman–Crippen MR) is 86.7 cm³/mol. The first-order chi connectivity index (χ1) is 10.6. The van der Waals surface area contributed by atoms with E-state index in [1.54, 1.807) is 17.9 Å². The summed E-state index contributed by atoms with van der Waals surface area (Å²) >= 11 is 1.52. The van der Waals surface area contributed by atoms with Gasteiger partial charge in [-0.15, -0.1) is 11.3 Å². The summed E-state index contributed by atoms with van der Waals surface area (Å²) < 4.78 is 1.21. The van der Waals surface area contributed by atoms with E-state index in [4.69, 9.17) is 5.73 Å². The predicted octanol–water partition coefficient (Wildman–Crippen LogP) is 1.74. The number of hydrogen-bond acceptors (Lipinski definition) is 5. The molecule has 3 rings (SSSR count). The number of amides is 1. The zero-order chi connectivity index (χ0) is 15.7. The quantitative estimate of drug-likeness (QED) is 0.934. The summed E-state index contributed by atoms with van der Waals surface area (Å²) in [6, 6.07) is 4.74. The molecular formula is C15H18N4O2S. The Kier molecular flexibility index (Phi) is 3.98. The van der Waals surface area contributed by atoms with Crippen LogP contribution in [0.1, 0.15) is 25.8 Å². The summed E-state index contributed by atoms with van der Waals surface area (Å²) in [6.45, 7) is 3.20. The van der Waals surface area contributed by atoms with E-state index < -0.39 is 11.6 Å². The highest BCUT2D eigenvalue weighted by Gasteiger charge is 2.26. The van der Waals surface area contributed by atoms with Crippen LogP contribution in [-0.4, -0.2) is 33.7 Å². The number of anilines is 1. The monoisotopic (exact) mass is 318 g/mol. The number of thiophene rings is 1. The summed E-state index contributed by atoms with van der Waals surface area (Å²) in [6.07, 6.45) is 2.02. The van der Waals surface area contributed by atoms with Gasteiger partial charge in [0.15, 0.2) is 0 Å². The number of nitrogens with zero attached hydrogens (tertiary/aromatic N) is 3. The fourth-order valence-electron chi connectivity index (χ4n) is 2.65. The molecule has 22 heavy (non-hydrogen) atoms. The van der Waals surface area contributed by atoms with Gasteiger partial charge in [-0.2, -0.15) is 5.10 Å². The van der Waals surface area contributed by atoms with E-state index in [2.05, 4.69) is 5.10 Å². The van der Waals surface area contributed by atoms with Crippen molar-refractivity contribution < 1.29 is 4.79 Å². The van der Waals surface area contributed by atoms with E-state index in [1.807, 2.05) is 17.5 Å². The highest BCUT2D eigenvalue weighted by Crippen LogP contribution is 2.23. The Labute approximate surface area is 132 Å². The van der Waals surface area contributed by atoms with Crippen molar-refractivity contribution in [2.24, 2.45) is 0 Å². The lowest BCUT2D eigenvalue weighted by Crippen LogP contribution is -2.39. The summed E-state index contributed by atoms with van der Waals surface area (Å²) in [5.74, 6) is -0.0742. The van der Waals surface area contributed by atoms with E-state index in [1.165, 1.54) is 16.0 Å². The molecule has 0 spiro atoms. The molecule has 1 saturated heterocycles. The number of aromatic nitrogens is 2. The normalized spacial score (nSPS) is 16.0. The van der Waals surface area contributed by atoms with Gasteiger partial charge in [-0.3, -0.25) is 9.59 Å². The fourth-order valence-corrected chi connectivity index (χ4v) is 3.33. The van der Waals surface area contributed by atoms with Crippen molar-refractivity contribution >= 4 is 22.9 Å². The van der Waals surface area contributed by atoms with Gasteiger partial charge in [0.1, 0.15) is 17.4 Å². The molecule has 0 bridgehead atoms. The van der Waals surface area contributed by atoms with Crippen LogP contribution >= 0.6 is 11.3 Å². The molecule has 1 aliphatic rings. The third-order valence-electron chi connectivity index (χ3n) is 3.88. The van der Waals surface area contributed by atoms with Gasteiger partial charge in [0, 0.05) is 13.1 Å². The lowest BCUT2D eigenvalue weighted by Gasteiger charge is -2.21. The molecule has 116 valence electrons. The average molecular weight is 318 g/mol. The summed E-state index contributed by atoms with van der Waals surface area (Å²) in [7, 11) is 0. The number of likely N-dealkylation sites (tertiary alicyclic amines) is 1. The van der Waals surface area contributed by atoms with E-state index in [0.29, 0.717) is 5.69 Å². The lowest BCUT2D eigenvalue weighted by atomic mass is 10.2. The van der Waals surface area contributed by atoms with Crippen molar-refractivity contribution in [3.05, 3.63) is 33.9 Å². The molecule has 0 aliphatic carbocycles. The first kappa shape index (κ1) is 14.8. The van der Waals surface area contributed by atoms with Crippen molar-refractivity contribution in [1.82, 2.24) is 14.7 Å². The molecule has 0 saturated carbocycles. The zero-order valence-electron chi connectivity index (χ0n) is 12.4. The van der Waals surface area contributed by atoms with E-state index >= 15 is 0 Å². The van der Waals surface area contributed by atoms with Crippen LogP contribution in [0.3, 0.4) is 0 Å². The van der Waals surface area contributed by atoms with Crippen LogP contribution in [0.2, 0.25) is 0 Å². The topological polar surface area (TPSA) is 81.2 Å². The molecule has 1 amide bonds. The second-order valence-electron chi connectivity index (χ2n) is 5.42. The third-order valence-corrected chi connectivity index (χ3v) is 4.77. The van der Waals surface area contributed by atoms with E-state index in [9.17, 15) is 9.59 Å². The van der Waals surface area contributed by atoms with Gasteiger partial charge >= 0.3 is 0 Å². The Hall–Kier alpha value is -2.15. The number of carbonyl (C=O) groups is 1. The SMILES string of the molecule is C[C@H](C(=O)N1CCCC1)n1nc(-c2cccs2)cc(N)c1=O. The number of nitrogen functional groups attached to an aromatic ring is 1. The van der Waals surface area contributed by atoms with Gasteiger partial charge < -0.3 is 10.6 Å². The van der Waals surface area contributed by atoms with Crippen LogP contribution in [0.4, 0.5) is 5.69 Å². The van der Waals surface area contributed by atoms with Crippen molar-refractivity contribution in [1.29, 1.82) is 0 Å². The maximum absolute atomic E-state index is 12.5. The molecule has 1 atom stereocenters. The molecule has 0 radical (unpaired) electrons. The standard InChI is InChI=1S/C15H18N4O2S/c1-10(14(20)18-6-2-3-7-18)19-15(21)11(16)9-12(17-19)13-5-4-8-22-13/h4-5,8-10H,2-3,6-7,16H2,1H3/t10-/m1/s1. The molecular weight excluding hydrogens is 300 g/mol. The zero-order valence-corrected chi connectivity index (χ0v) is 13.2. The first-order valence-corrected chi connectivity index (χ1v) is 8.18. The second kappa shape index (κ2) is 5.92. The Balaban J connectivity index is 1.98. The molecule has 1 aliphatic heterocycles. The van der Waals surface area contributed by atoms with Crippen LogP contribution in [-0.2, 0) is 4.79 Å². The Morgan fingerprint density at radius 1 is 1.41 bits per heavy atom. The van der Waals surface area contributed by atoms with Crippen LogP contribution in [0.25, 0.3) is 10.6 Å². The summed E-state index contributed by atoms with van der Waals surface area (Å²) in [4.78, 5) is 27.5. The highest BCUT2D eigenvalue weighted by atomic mass is 32.1. The smallest absolute Gasteiger partial charge is 0.290 e. The number of rotatable bonds is 3. The van der Waals surface area contributed by atoms with Crippen molar-refractivity contribution in [2.45, 2.75) is 25.8 Å². The maximum atomic E-state index is 12.5. The largest absolute Gasteiger partial charge is 0.394 e. The van der Waals surface area contributed by atoms with E-state index in [-0.39, 0.29) is 11.6 Å². The second-order valence-corrected chi connectivity index (χ2v) is 6.37. The van der Waals surface area contributed by atoms with Gasteiger partial charge in [-0.25, -0.2) is 4.68 Å². The van der Waals surface area contributed by atoms with Gasteiger partial charge in [0.2, 0.25) is 5.91 Å². The van der Waals surface area contributed by atoms with Crippen LogP contribution in [0.15, 0.2) is 28.4 Å². The van der Waals surface area contributed by atoms with Crippen molar-refractivity contribution in [2.75, 3.05) is 18.8 Å². The molecule has 0 unspecified atom stereocenters. The Morgan fingerprint density at radius 2 is 2.14 bits per heavy atom. The summed E-state index contributed by atoms with van der Waals surface area (Å²) in [5.41, 5.74) is 6.14. The molecule has 2 aromatic rings. The molecule has 7 heteroatoms. The molecule has 1 fully saturated rings. The van der Waals surface area contributed by atoms with Gasteiger partial charge in [0.05, 0.1) is 4.88 Å². The fraction of sp³-hybridized carbons (Fsp3) is 0.400. The number of hydrogen-bond donors (Lipinski definition) is 1. The Morgan fingerprint density at radius 3 is 2.77 bits per heavy atom. The minimum Gasteiger partial charge on any atom is -0.394 e. The van der Waals surface area contributed by atoms with Crippen LogP contribution < -0.4 is 11.3 Å². The molecule has 2 N–H and O–H groups in total. The maximum Gasteiger partial charge on any atom is 0.290 e. The molecule has 0 aromatic carbocycles. The van der Waals surface area contributed by atoms with Crippen molar-refractivity contribution in [3.63, 3.8) is 0 Å². The van der Waals surface area contributed by atoms with Gasteiger partial charge in [-0.1, -0.05) is 6.07 Å². The van der Waals surface area contributed by atoms with Gasteiger partial charge in [-0.05, 0) is 37.3 Å². The molecule has 6 nitrogen and oxygen atoms in total. The van der Waals surface area contributed by atoms with E-state index in [0.717, 1.165) is 30.8 Å². The Bertz CT molecular complexity index is 732. The summed E-state index contributed by atoms with van der Waals surface area (Å²) in [5, 5.41) is 6.29. The average Bonchev–Trinajstić information content (AvgIpc) is 3.21. The van der Waals surface area contributed by atoms with Crippen LogP contribution in [0, 0.1) is 0 Å². The minimum atomic E-state index is -0.646. The van der Waals surface area contributed by atoms with Crippen LogP contribution in [0.5, 0.6) is 0 Å². The van der Waals surface area contributed by atoms with Crippen molar-refractivity contribution in [3.8, 4) is 10.6 Å². The van der Waals surface area contributed by atoms with Gasteiger partial charge in [0.25, 0.3) is 5.56 Å². The number of carbonyl (C=O) groups excluding carboxylic acids is 1. The number of nitrogens with two attached hydrogens (primary N) is 1. The first-order valence-electron chi connectivity index (χ1n) is 7.30. The minimum absolute atomic E-state index is 0.0742. The molecule has 3 heterocycles. The third kappa shape index (κ3) is 2.64. The lowest BCUT2D eigenvalue weighted by molar-refractivity contribution is -0.133. The highest BCUT2D eigenvalue weighted by molar-refractivity contribution is 7.13.